The lowest BCUT2D eigenvalue weighted by Gasteiger charge is -2.39. The molecule has 1 N–H and O–H groups in total. The van der Waals surface area contributed by atoms with Gasteiger partial charge in [-0.3, -0.25) is 9.69 Å². The molecule has 1 aromatic carbocycles. The van der Waals surface area contributed by atoms with Crippen LogP contribution in [0.3, 0.4) is 0 Å². The zero-order valence-corrected chi connectivity index (χ0v) is 20.8. The normalized spacial score (nSPS) is 18.7. The maximum absolute atomic E-state index is 12.7. The number of halogens is 1. The molecular weight excluding hydrogens is 493 g/mol. The lowest BCUT2D eigenvalue weighted by molar-refractivity contribution is -0.135. The fraction of sp³-hybridized carbons (Fsp3) is 0.636. The van der Waals surface area contributed by atoms with Gasteiger partial charge in [0.2, 0.25) is 5.91 Å². The Kier molecular flexibility index (Phi) is 10.2. The summed E-state index contributed by atoms with van der Waals surface area (Å²) in [5, 5.41) is 3.41. The first-order valence-corrected chi connectivity index (χ1v) is 10.8. The number of amides is 1. The number of hydrogen-bond donors (Lipinski definition) is 1. The van der Waals surface area contributed by atoms with Crippen molar-refractivity contribution in [1.29, 1.82) is 0 Å². The molecule has 8 heteroatoms. The maximum atomic E-state index is 12.7. The van der Waals surface area contributed by atoms with Crippen molar-refractivity contribution in [2.45, 2.75) is 39.3 Å². The van der Waals surface area contributed by atoms with Crippen LogP contribution in [0, 0.1) is 0 Å². The van der Waals surface area contributed by atoms with Gasteiger partial charge >= 0.3 is 0 Å². The van der Waals surface area contributed by atoms with Crippen LogP contribution in [0.2, 0.25) is 0 Å². The highest BCUT2D eigenvalue weighted by atomic mass is 127. The van der Waals surface area contributed by atoms with E-state index in [9.17, 15) is 4.79 Å². The van der Waals surface area contributed by atoms with E-state index in [1.54, 1.807) is 7.11 Å². The van der Waals surface area contributed by atoms with Crippen molar-refractivity contribution in [2.24, 2.45) is 4.99 Å². The molecule has 7 nitrogen and oxygen atoms in total. The predicted octanol–water partition coefficient (Wildman–Crippen LogP) is 2.41. The van der Waals surface area contributed by atoms with Crippen LogP contribution in [0.4, 0.5) is 0 Å². The first-order chi connectivity index (χ1) is 14.1. The molecule has 0 bridgehead atoms. The number of likely N-dealkylation sites (tertiary alicyclic amines) is 1. The fourth-order valence-corrected chi connectivity index (χ4v) is 4.04. The maximum Gasteiger partial charge on any atom is 0.239 e. The van der Waals surface area contributed by atoms with Gasteiger partial charge in [0.25, 0.3) is 0 Å². The smallest absolute Gasteiger partial charge is 0.239 e. The zero-order valence-electron chi connectivity index (χ0n) is 18.5. The Morgan fingerprint density at radius 1 is 1.13 bits per heavy atom. The van der Waals surface area contributed by atoms with Gasteiger partial charge in [0.1, 0.15) is 5.75 Å². The summed E-state index contributed by atoms with van der Waals surface area (Å²) in [6, 6.07) is 8.00. The van der Waals surface area contributed by atoms with Crippen LogP contribution >= 0.6 is 24.0 Å². The average Bonchev–Trinajstić information content (AvgIpc) is 3.31. The Morgan fingerprint density at radius 2 is 1.83 bits per heavy atom. The second-order valence-electron chi connectivity index (χ2n) is 7.75. The third kappa shape index (κ3) is 6.47. The summed E-state index contributed by atoms with van der Waals surface area (Å²) >= 11 is 0. The second kappa shape index (κ2) is 12.3. The molecule has 2 heterocycles. The topological polar surface area (TPSA) is 60.4 Å². The number of nitrogens with one attached hydrogen (secondary N) is 1. The Bertz CT molecular complexity index is 701. The number of hydrogen-bond acceptors (Lipinski definition) is 4. The minimum Gasteiger partial charge on any atom is -0.497 e. The summed E-state index contributed by atoms with van der Waals surface area (Å²) in [5.41, 5.74) is 1.13. The Hall–Kier alpha value is -1.55. The van der Waals surface area contributed by atoms with Crippen molar-refractivity contribution in [3.8, 4) is 5.75 Å². The van der Waals surface area contributed by atoms with Gasteiger partial charge in [-0.25, -0.2) is 4.99 Å². The number of methoxy groups -OCH3 is 1. The SMILES string of the molecule is CCNC(=NCc1cccc(OC)c1)N1CCN(C(C)C(=O)N2CCCC2)CC1.I. The lowest BCUT2D eigenvalue weighted by atomic mass is 10.2. The number of ether oxygens (including phenoxy) is 1. The van der Waals surface area contributed by atoms with Gasteiger partial charge < -0.3 is 19.9 Å². The molecule has 2 aliphatic rings. The highest BCUT2D eigenvalue weighted by molar-refractivity contribution is 14.0. The van der Waals surface area contributed by atoms with Gasteiger partial charge in [0, 0.05) is 45.8 Å². The van der Waals surface area contributed by atoms with E-state index >= 15 is 0 Å². The van der Waals surface area contributed by atoms with Crippen LogP contribution in [0.25, 0.3) is 0 Å². The number of nitrogens with zero attached hydrogens (tertiary/aromatic N) is 4. The van der Waals surface area contributed by atoms with E-state index in [-0.39, 0.29) is 35.9 Å². The molecule has 0 aromatic heterocycles. The van der Waals surface area contributed by atoms with Crippen molar-refractivity contribution in [2.75, 3.05) is 52.9 Å². The summed E-state index contributed by atoms with van der Waals surface area (Å²) in [4.78, 5) is 24.2. The Labute approximate surface area is 197 Å². The molecule has 0 saturated carbocycles. The quantitative estimate of drug-likeness (QED) is 0.349. The molecule has 30 heavy (non-hydrogen) atoms. The first kappa shape index (κ1) is 24.7. The number of piperazine rings is 1. The summed E-state index contributed by atoms with van der Waals surface area (Å²) in [6.45, 7) is 10.9. The van der Waals surface area contributed by atoms with Gasteiger partial charge in [-0.05, 0) is 44.4 Å². The highest BCUT2D eigenvalue weighted by Crippen LogP contribution is 2.15. The molecule has 0 spiro atoms. The summed E-state index contributed by atoms with van der Waals surface area (Å²) in [5.74, 6) is 2.08. The molecule has 168 valence electrons. The van der Waals surface area contributed by atoms with E-state index in [0.717, 1.165) is 75.9 Å². The van der Waals surface area contributed by atoms with E-state index in [0.29, 0.717) is 6.54 Å². The zero-order chi connectivity index (χ0) is 20.6. The molecule has 3 rings (SSSR count). The van der Waals surface area contributed by atoms with Gasteiger partial charge in [-0.15, -0.1) is 24.0 Å². The van der Waals surface area contributed by atoms with E-state index < -0.39 is 0 Å². The van der Waals surface area contributed by atoms with Crippen molar-refractivity contribution in [1.82, 2.24) is 20.0 Å². The number of aliphatic imine (C=N–C) groups is 1. The molecule has 1 aromatic rings. The van der Waals surface area contributed by atoms with Crippen LogP contribution in [0.5, 0.6) is 5.75 Å². The Morgan fingerprint density at radius 3 is 2.47 bits per heavy atom. The number of carbonyl (C=O) groups excluding carboxylic acids is 1. The van der Waals surface area contributed by atoms with Crippen LogP contribution in [-0.2, 0) is 11.3 Å². The highest BCUT2D eigenvalue weighted by Gasteiger charge is 2.30. The van der Waals surface area contributed by atoms with Gasteiger partial charge in [-0.1, -0.05) is 12.1 Å². The van der Waals surface area contributed by atoms with E-state index in [1.165, 1.54) is 0 Å². The summed E-state index contributed by atoms with van der Waals surface area (Å²) < 4.78 is 5.30. The third-order valence-corrected chi connectivity index (χ3v) is 5.82. The fourth-order valence-electron chi connectivity index (χ4n) is 4.04. The number of rotatable bonds is 6. The van der Waals surface area contributed by atoms with Crippen LogP contribution in [-0.4, -0.2) is 85.5 Å². The van der Waals surface area contributed by atoms with Crippen LogP contribution in [0.1, 0.15) is 32.3 Å². The van der Waals surface area contributed by atoms with E-state index in [2.05, 4.69) is 35.0 Å². The van der Waals surface area contributed by atoms with E-state index in [4.69, 9.17) is 9.73 Å². The molecular formula is C22H36IN5O2. The van der Waals surface area contributed by atoms with Gasteiger partial charge in [0.05, 0.1) is 19.7 Å². The number of benzene rings is 1. The van der Waals surface area contributed by atoms with Crippen molar-refractivity contribution in [3.05, 3.63) is 29.8 Å². The van der Waals surface area contributed by atoms with Crippen molar-refractivity contribution in [3.63, 3.8) is 0 Å². The average molecular weight is 529 g/mol. The molecule has 0 radical (unpaired) electrons. The largest absolute Gasteiger partial charge is 0.497 e. The molecule has 1 atom stereocenters. The molecule has 2 saturated heterocycles. The molecule has 0 aliphatic carbocycles. The van der Waals surface area contributed by atoms with Gasteiger partial charge in [-0.2, -0.15) is 0 Å². The molecule has 1 unspecified atom stereocenters. The first-order valence-electron chi connectivity index (χ1n) is 10.8. The van der Waals surface area contributed by atoms with E-state index in [1.807, 2.05) is 23.1 Å². The van der Waals surface area contributed by atoms with Crippen molar-refractivity contribution < 1.29 is 9.53 Å². The van der Waals surface area contributed by atoms with Gasteiger partial charge in [0.15, 0.2) is 5.96 Å². The molecule has 1 amide bonds. The van der Waals surface area contributed by atoms with Crippen LogP contribution in [0.15, 0.2) is 29.3 Å². The lowest BCUT2D eigenvalue weighted by Crippen LogP contribution is -2.57. The third-order valence-electron chi connectivity index (χ3n) is 5.82. The molecule has 2 fully saturated rings. The second-order valence-corrected chi connectivity index (χ2v) is 7.75. The Balaban J connectivity index is 0.00000320. The number of guanidine groups is 1. The minimum absolute atomic E-state index is 0. The summed E-state index contributed by atoms with van der Waals surface area (Å²) in [7, 11) is 1.68. The number of carbonyl (C=O) groups is 1. The van der Waals surface area contributed by atoms with Crippen LogP contribution < -0.4 is 10.1 Å². The predicted molar refractivity (Wildman–Crippen MR) is 132 cm³/mol. The monoisotopic (exact) mass is 529 g/mol. The molecule has 2 aliphatic heterocycles. The summed E-state index contributed by atoms with van der Waals surface area (Å²) in [6.07, 6.45) is 2.28. The minimum atomic E-state index is -0.0356. The van der Waals surface area contributed by atoms with Crippen molar-refractivity contribution >= 4 is 35.8 Å². The standard InChI is InChI=1S/C22H35N5O2.HI/c1-4-23-22(24-17-19-8-7-9-20(16-19)29-3)27-14-12-25(13-15-27)18(2)21(28)26-10-5-6-11-26;/h7-9,16,18H,4-6,10-15,17H2,1-3H3,(H,23,24);1H.